The Balaban J connectivity index is 2.35. The second-order valence-corrected chi connectivity index (χ2v) is 2.21. The average molecular weight is 126 g/mol. The van der Waals surface area contributed by atoms with Gasteiger partial charge in [0, 0.05) is 25.1 Å². The molecule has 0 fully saturated rings. The van der Waals surface area contributed by atoms with Gasteiger partial charge in [-0.25, -0.2) is 0 Å². The number of hydrogen-bond donors (Lipinski definition) is 1. The number of nitrogens with zero attached hydrogens (tertiary/aromatic N) is 1. The van der Waals surface area contributed by atoms with Crippen LogP contribution in [-0.4, -0.2) is 18.0 Å². The van der Waals surface area contributed by atoms with Crippen molar-refractivity contribution in [1.29, 1.82) is 0 Å². The van der Waals surface area contributed by atoms with E-state index >= 15 is 0 Å². The number of nitrogens with one attached hydrogen (secondary N) is 1. The third-order valence-corrected chi connectivity index (χ3v) is 1.22. The van der Waals surface area contributed by atoms with Crippen LogP contribution in [0.3, 0.4) is 0 Å². The van der Waals surface area contributed by atoms with E-state index < -0.39 is 0 Å². The number of hydrogen-bond acceptors (Lipinski definition) is 3. The van der Waals surface area contributed by atoms with Gasteiger partial charge in [0.25, 0.3) is 0 Å². The smallest absolute Gasteiger partial charge is 0.135 e. The van der Waals surface area contributed by atoms with Gasteiger partial charge >= 0.3 is 0 Å². The normalized spacial score (nSPS) is 16.8. The minimum absolute atomic E-state index is 0.192. The molecular weight excluding hydrogens is 116 g/mol. The maximum atomic E-state index is 10.5. The number of ketones is 1. The fraction of sp³-hybridized carbons (Fsp3) is 0.667. The van der Waals surface area contributed by atoms with E-state index in [9.17, 15) is 4.79 Å². The average Bonchev–Trinajstić information content (AvgIpc) is 2.15. The molecule has 50 valence electrons. The molecule has 0 bridgehead atoms. The number of carbonyl (C=O) groups is 1. The highest BCUT2D eigenvalue weighted by Crippen LogP contribution is 1.97. The number of carbonyl (C=O) groups excluding carboxylic acids is 1. The molecule has 0 aromatic carbocycles. The Morgan fingerprint density at radius 3 is 3.11 bits per heavy atom. The monoisotopic (exact) mass is 126 g/mol. The SMILES string of the molecule is CC(=O)CC1=NNCC1. The van der Waals surface area contributed by atoms with Crippen molar-refractivity contribution in [3.63, 3.8) is 0 Å². The lowest BCUT2D eigenvalue weighted by Crippen LogP contribution is -2.01. The molecule has 0 aromatic rings. The Labute approximate surface area is 54.1 Å². The molecule has 3 nitrogen and oxygen atoms in total. The Bertz CT molecular complexity index is 151. The van der Waals surface area contributed by atoms with Crippen molar-refractivity contribution < 1.29 is 4.79 Å². The highest BCUT2D eigenvalue weighted by molar-refractivity contribution is 6.01. The first-order chi connectivity index (χ1) is 4.29. The largest absolute Gasteiger partial charge is 0.310 e. The lowest BCUT2D eigenvalue weighted by atomic mass is 10.2. The molecule has 1 aliphatic heterocycles. The van der Waals surface area contributed by atoms with Gasteiger partial charge in [0.2, 0.25) is 0 Å². The summed E-state index contributed by atoms with van der Waals surface area (Å²) in [7, 11) is 0. The van der Waals surface area contributed by atoms with Crippen molar-refractivity contribution in [2.24, 2.45) is 5.10 Å². The quantitative estimate of drug-likeness (QED) is 0.578. The van der Waals surface area contributed by atoms with E-state index in [1.54, 1.807) is 6.92 Å². The molecular formula is C6H10N2O. The molecule has 0 unspecified atom stereocenters. The Hall–Kier alpha value is -0.860. The number of Topliss-reactive ketones (excluding diaryl/α,β-unsaturated/α-hetero) is 1. The highest BCUT2D eigenvalue weighted by atomic mass is 16.1. The van der Waals surface area contributed by atoms with Gasteiger partial charge in [-0.15, -0.1) is 0 Å². The van der Waals surface area contributed by atoms with Crippen molar-refractivity contribution in [3.05, 3.63) is 0 Å². The molecule has 0 amide bonds. The van der Waals surface area contributed by atoms with E-state index in [1.807, 2.05) is 0 Å². The van der Waals surface area contributed by atoms with Crippen molar-refractivity contribution >= 4 is 11.5 Å². The molecule has 0 aliphatic carbocycles. The van der Waals surface area contributed by atoms with Crippen LogP contribution in [0.25, 0.3) is 0 Å². The molecule has 1 rings (SSSR count). The van der Waals surface area contributed by atoms with Gasteiger partial charge in [-0.2, -0.15) is 5.10 Å². The summed E-state index contributed by atoms with van der Waals surface area (Å²) in [5.74, 6) is 0.192. The Kier molecular flexibility index (Phi) is 1.82. The molecule has 0 saturated heterocycles. The van der Waals surface area contributed by atoms with Crippen LogP contribution in [0.1, 0.15) is 19.8 Å². The van der Waals surface area contributed by atoms with Gasteiger partial charge in [-0.1, -0.05) is 0 Å². The summed E-state index contributed by atoms with van der Waals surface area (Å²) in [5.41, 5.74) is 3.80. The van der Waals surface area contributed by atoms with E-state index in [0.29, 0.717) is 6.42 Å². The van der Waals surface area contributed by atoms with Crippen LogP contribution in [-0.2, 0) is 4.79 Å². The van der Waals surface area contributed by atoms with E-state index in [2.05, 4.69) is 10.5 Å². The minimum Gasteiger partial charge on any atom is -0.310 e. The molecule has 0 radical (unpaired) electrons. The van der Waals surface area contributed by atoms with E-state index in [1.165, 1.54) is 0 Å². The maximum absolute atomic E-state index is 10.5. The van der Waals surface area contributed by atoms with E-state index in [4.69, 9.17) is 0 Å². The molecule has 9 heavy (non-hydrogen) atoms. The molecule has 0 saturated carbocycles. The van der Waals surface area contributed by atoms with Crippen LogP contribution >= 0.6 is 0 Å². The molecule has 1 aliphatic rings. The van der Waals surface area contributed by atoms with Gasteiger partial charge in [-0.05, 0) is 6.92 Å². The first-order valence-electron chi connectivity index (χ1n) is 3.07. The molecule has 0 atom stereocenters. The molecule has 0 aromatic heterocycles. The summed E-state index contributed by atoms with van der Waals surface area (Å²) in [5, 5.41) is 3.92. The van der Waals surface area contributed by atoms with Gasteiger partial charge in [-0.3, -0.25) is 4.79 Å². The van der Waals surface area contributed by atoms with Crippen LogP contribution in [0.15, 0.2) is 5.10 Å². The van der Waals surface area contributed by atoms with Crippen molar-refractivity contribution in [2.45, 2.75) is 19.8 Å². The topological polar surface area (TPSA) is 41.5 Å². The van der Waals surface area contributed by atoms with Crippen LogP contribution < -0.4 is 5.43 Å². The molecule has 0 spiro atoms. The zero-order valence-electron chi connectivity index (χ0n) is 5.48. The van der Waals surface area contributed by atoms with Crippen molar-refractivity contribution in [2.75, 3.05) is 6.54 Å². The van der Waals surface area contributed by atoms with Crippen LogP contribution in [0.5, 0.6) is 0 Å². The van der Waals surface area contributed by atoms with Crippen LogP contribution in [0, 0.1) is 0 Å². The minimum atomic E-state index is 0.192. The lowest BCUT2D eigenvalue weighted by Gasteiger charge is -1.89. The third kappa shape index (κ3) is 1.83. The summed E-state index contributed by atoms with van der Waals surface area (Å²) in [6.45, 7) is 2.48. The maximum Gasteiger partial charge on any atom is 0.135 e. The first-order valence-corrected chi connectivity index (χ1v) is 3.07. The van der Waals surface area contributed by atoms with Crippen molar-refractivity contribution in [3.8, 4) is 0 Å². The van der Waals surface area contributed by atoms with E-state index in [0.717, 1.165) is 18.7 Å². The van der Waals surface area contributed by atoms with Crippen molar-refractivity contribution in [1.82, 2.24) is 5.43 Å². The van der Waals surface area contributed by atoms with Gasteiger partial charge < -0.3 is 5.43 Å². The second kappa shape index (κ2) is 2.62. The van der Waals surface area contributed by atoms with E-state index in [-0.39, 0.29) is 5.78 Å². The van der Waals surface area contributed by atoms with Crippen LogP contribution in [0.4, 0.5) is 0 Å². The predicted molar refractivity (Wildman–Crippen MR) is 35.4 cm³/mol. The number of hydrazone groups is 1. The zero-order valence-corrected chi connectivity index (χ0v) is 5.48. The molecule has 1 heterocycles. The highest BCUT2D eigenvalue weighted by Gasteiger charge is 2.06. The third-order valence-electron chi connectivity index (χ3n) is 1.22. The van der Waals surface area contributed by atoms with Crippen LogP contribution in [0.2, 0.25) is 0 Å². The molecule has 3 heteroatoms. The van der Waals surface area contributed by atoms with Gasteiger partial charge in [0.05, 0.1) is 0 Å². The second-order valence-electron chi connectivity index (χ2n) is 2.21. The summed E-state index contributed by atoms with van der Waals surface area (Å²) >= 11 is 0. The Morgan fingerprint density at radius 2 is 2.67 bits per heavy atom. The lowest BCUT2D eigenvalue weighted by molar-refractivity contribution is -0.115. The predicted octanol–water partition coefficient (Wildman–Crippen LogP) is 0.315. The van der Waals surface area contributed by atoms with Gasteiger partial charge in [0.1, 0.15) is 5.78 Å². The van der Waals surface area contributed by atoms with Gasteiger partial charge in [0.15, 0.2) is 0 Å². The first kappa shape index (κ1) is 6.26. The zero-order chi connectivity index (χ0) is 6.69. The fourth-order valence-corrected chi connectivity index (χ4v) is 0.839. The summed E-state index contributed by atoms with van der Waals surface area (Å²) < 4.78 is 0. The number of rotatable bonds is 2. The fourth-order valence-electron chi connectivity index (χ4n) is 0.839. The summed E-state index contributed by atoms with van der Waals surface area (Å²) in [4.78, 5) is 10.5. The summed E-state index contributed by atoms with van der Waals surface area (Å²) in [6.07, 6.45) is 1.45. The molecule has 1 N–H and O–H groups in total. The Morgan fingerprint density at radius 1 is 1.89 bits per heavy atom. The standard InChI is InChI=1S/C6H10N2O/c1-5(9)4-6-2-3-7-8-6/h7H,2-4H2,1H3. The summed E-state index contributed by atoms with van der Waals surface area (Å²) in [6, 6.07) is 0.